The topological polar surface area (TPSA) is 57.3 Å². The molecule has 1 fully saturated rings. The number of allylic oxidation sites excluding steroid dienone is 1. The third-order valence-electron chi connectivity index (χ3n) is 4.58. The van der Waals surface area contributed by atoms with E-state index in [1.807, 2.05) is 18.4 Å². The van der Waals surface area contributed by atoms with Crippen molar-refractivity contribution in [2.45, 2.75) is 57.4 Å². The summed E-state index contributed by atoms with van der Waals surface area (Å²) in [4.78, 5) is 18.6. The van der Waals surface area contributed by atoms with Crippen LogP contribution in [-0.4, -0.2) is 47.3 Å². The molecule has 1 aliphatic carbocycles. The van der Waals surface area contributed by atoms with E-state index in [0.717, 1.165) is 30.0 Å². The molecular formula is C17H25FN4OS. The van der Waals surface area contributed by atoms with Gasteiger partial charge in [-0.25, -0.2) is 14.2 Å². The number of nitrogens with one attached hydrogen (secondary N) is 2. The Morgan fingerprint density at radius 1 is 1.54 bits per heavy atom. The maximum absolute atomic E-state index is 13.8. The van der Waals surface area contributed by atoms with Gasteiger partial charge in [-0.15, -0.1) is 11.3 Å². The zero-order chi connectivity index (χ0) is 16.9. The van der Waals surface area contributed by atoms with Crippen molar-refractivity contribution in [3.63, 3.8) is 0 Å². The summed E-state index contributed by atoms with van der Waals surface area (Å²) in [6.07, 6.45) is 6.96. The first-order chi connectivity index (χ1) is 11.6. The maximum atomic E-state index is 13.8. The highest BCUT2D eigenvalue weighted by Crippen LogP contribution is 2.23. The molecule has 132 valence electrons. The third-order valence-corrected chi connectivity index (χ3v) is 5.40. The van der Waals surface area contributed by atoms with E-state index in [4.69, 9.17) is 0 Å². The van der Waals surface area contributed by atoms with Crippen molar-refractivity contribution in [3.8, 4) is 0 Å². The molecule has 5 nitrogen and oxygen atoms in total. The summed E-state index contributed by atoms with van der Waals surface area (Å²) in [5, 5.41) is 8.91. The number of aryl methyl sites for hydroxylation is 1. The SMILES string of the molecule is Cc1nc(CN2C[C@@H](F)C[C@H]2CNC(=O)NC2C=CCCC2)cs1. The summed E-state index contributed by atoms with van der Waals surface area (Å²) >= 11 is 1.61. The molecule has 0 radical (unpaired) electrons. The summed E-state index contributed by atoms with van der Waals surface area (Å²) in [7, 11) is 0. The van der Waals surface area contributed by atoms with Gasteiger partial charge in [-0.2, -0.15) is 0 Å². The van der Waals surface area contributed by atoms with Gasteiger partial charge in [0.1, 0.15) is 6.17 Å². The van der Waals surface area contributed by atoms with Crippen molar-refractivity contribution < 1.29 is 9.18 Å². The highest BCUT2D eigenvalue weighted by Gasteiger charge is 2.32. The second-order valence-corrected chi connectivity index (χ2v) is 7.66. The van der Waals surface area contributed by atoms with Crippen molar-refractivity contribution in [2.75, 3.05) is 13.1 Å². The number of likely N-dealkylation sites (tertiary alicyclic amines) is 1. The first-order valence-electron chi connectivity index (χ1n) is 8.60. The Bertz CT molecular complexity index is 591. The number of urea groups is 1. The number of nitrogens with zero attached hydrogens (tertiary/aromatic N) is 2. The number of thiazole rings is 1. The van der Waals surface area contributed by atoms with Crippen LogP contribution in [-0.2, 0) is 6.54 Å². The van der Waals surface area contributed by atoms with Crippen molar-refractivity contribution in [2.24, 2.45) is 0 Å². The number of halogens is 1. The first-order valence-corrected chi connectivity index (χ1v) is 9.48. The average molecular weight is 352 g/mol. The Kier molecular flexibility index (Phi) is 5.84. The van der Waals surface area contributed by atoms with Crippen LogP contribution in [0.3, 0.4) is 0 Å². The lowest BCUT2D eigenvalue weighted by Crippen LogP contribution is -2.46. The zero-order valence-electron chi connectivity index (χ0n) is 14.0. The summed E-state index contributed by atoms with van der Waals surface area (Å²) in [6, 6.07) is -0.0294. The summed E-state index contributed by atoms with van der Waals surface area (Å²) in [5.74, 6) is 0. The number of hydrogen-bond acceptors (Lipinski definition) is 4. The Hall–Kier alpha value is -1.47. The minimum Gasteiger partial charge on any atom is -0.337 e. The predicted octanol–water partition coefficient (Wildman–Crippen LogP) is 2.77. The van der Waals surface area contributed by atoms with Crippen LogP contribution in [0.2, 0.25) is 0 Å². The minimum absolute atomic E-state index is 0.0228. The highest BCUT2D eigenvalue weighted by molar-refractivity contribution is 7.09. The van der Waals surface area contributed by atoms with Gasteiger partial charge in [-0.3, -0.25) is 4.90 Å². The van der Waals surface area contributed by atoms with Crippen LogP contribution in [0, 0.1) is 6.92 Å². The van der Waals surface area contributed by atoms with Gasteiger partial charge in [0.25, 0.3) is 0 Å². The molecule has 0 bridgehead atoms. The van der Waals surface area contributed by atoms with Crippen LogP contribution >= 0.6 is 11.3 Å². The van der Waals surface area contributed by atoms with Crippen LogP contribution in [0.1, 0.15) is 36.4 Å². The molecule has 1 unspecified atom stereocenters. The monoisotopic (exact) mass is 352 g/mol. The molecule has 3 rings (SSSR count). The lowest BCUT2D eigenvalue weighted by molar-refractivity contribution is 0.216. The van der Waals surface area contributed by atoms with Crippen molar-refractivity contribution in [1.82, 2.24) is 20.5 Å². The molecule has 2 aliphatic rings. The fourth-order valence-electron chi connectivity index (χ4n) is 3.38. The van der Waals surface area contributed by atoms with Gasteiger partial charge in [0.2, 0.25) is 0 Å². The van der Waals surface area contributed by atoms with E-state index in [1.165, 1.54) is 0 Å². The summed E-state index contributed by atoms with van der Waals surface area (Å²) < 4.78 is 13.8. The van der Waals surface area contributed by atoms with Crippen LogP contribution in [0.4, 0.5) is 9.18 Å². The van der Waals surface area contributed by atoms with Crippen molar-refractivity contribution in [1.29, 1.82) is 0 Å². The van der Waals surface area contributed by atoms with Gasteiger partial charge in [0.15, 0.2) is 0 Å². The largest absolute Gasteiger partial charge is 0.337 e. The number of carbonyl (C=O) groups excluding carboxylic acids is 1. The molecule has 1 saturated heterocycles. The lowest BCUT2D eigenvalue weighted by Gasteiger charge is -2.24. The molecule has 0 saturated carbocycles. The smallest absolute Gasteiger partial charge is 0.315 e. The van der Waals surface area contributed by atoms with E-state index in [-0.39, 0.29) is 18.1 Å². The highest BCUT2D eigenvalue weighted by atomic mass is 32.1. The quantitative estimate of drug-likeness (QED) is 0.801. The van der Waals surface area contributed by atoms with Gasteiger partial charge >= 0.3 is 6.03 Å². The Morgan fingerprint density at radius 3 is 3.12 bits per heavy atom. The number of aromatic nitrogens is 1. The molecule has 7 heteroatoms. The summed E-state index contributed by atoms with van der Waals surface area (Å²) in [6.45, 7) is 3.49. The normalized spacial score (nSPS) is 27.3. The molecular weight excluding hydrogens is 327 g/mol. The van der Waals surface area contributed by atoms with E-state index >= 15 is 0 Å². The van der Waals surface area contributed by atoms with E-state index in [9.17, 15) is 9.18 Å². The van der Waals surface area contributed by atoms with E-state index in [1.54, 1.807) is 11.3 Å². The third kappa shape index (κ3) is 4.77. The van der Waals surface area contributed by atoms with Gasteiger partial charge in [-0.05, 0) is 32.6 Å². The molecule has 0 spiro atoms. The number of amides is 2. The first kappa shape index (κ1) is 17.4. The van der Waals surface area contributed by atoms with E-state index in [0.29, 0.717) is 26.1 Å². The maximum Gasteiger partial charge on any atom is 0.315 e. The second-order valence-electron chi connectivity index (χ2n) is 6.59. The number of carbonyl (C=O) groups is 1. The number of hydrogen-bond donors (Lipinski definition) is 2. The molecule has 1 aliphatic heterocycles. The molecule has 1 aromatic heterocycles. The number of alkyl halides is 1. The molecule has 1 aromatic rings. The fraction of sp³-hybridized carbons (Fsp3) is 0.647. The van der Waals surface area contributed by atoms with Crippen molar-refractivity contribution in [3.05, 3.63) is 28.2 Å². The summed E-state index contributed by atoms with van der Waals surface area (Å²) in [5.41, 5.74) is 0.980. The van der Waals surface area contributed by atoms with Gasteiger partial charge in [-0.1, -0.05) is 12.2 Å². The molecule has 0 aromatic carbocycles. The van der Waals surface area contributed by atoms with Gasteiger partial charge < -0.3 is 10.6 Å². The van der Waals surface area contributed by atoms with E-state index in [2.05, 4.69) is 26.6 Å². The van der Waals surface area contributed by atoms with Crippen molar-refractivity contribution >= 4 is 17.4 Å². The Balaban J connectivity index is 1.48. The minimum atomic E-state index is -0.833. The molecule has 2 amide bonds. The van der Waals surface area contributed by atoms with Gasteiger partial charge in [0.05, 0.1) is 10.7 Å². The molecule has 3 atom stereocenters. The van der Waals surface area contributed by atoms with Crippen LogP contribution in [0.15, 0.2) is 17.5 Å². The standard InChI is InChI=1S/C17H25FN4OS/c1-12-20-15(11-24-12)10-22-9-13(18)7-16(22)8-19-17(23)21-14-5-3-2-4-6-14/h3,5,11,13-14,16H,2,4,6-10H2,1H3,(H2,19,21,23)/t13-,14?,16-/m0/s1. The molecule has 2 N–H and O–H groups in total. The molecule has 24 heavy (non-hydrogen) atoms. The average Bonchev–Trinajstić information content (AvgIpc) is 3.12. The predicted molar refractivity (Wildman–Crippen MR) is 93.9 cm³/mol. The number of rotatable bonds is 5. The van der Waals surface area contributed by atoms with E-state index < -0.39 is 6.17 Å². The lowest BCUT2D eigenvalue weighted by atomic mass is 10.0. The fourth-order valence-corrected chi connectivity index (χ4v) is 3.98. The molecule has 2 heterocycles. The second kappa shape index (κ2) is 8.07. The zero-order valence-corrected chi connectivity index (χ0v) is 14.8. The Labute approximate surface area is 146 Å². The van der Waals surface area contributed by atoms with Crippen LogP contribution in [0.5, 0.6) is 0 Å². The van der Waals surface area contributed by atoms with Crippen LogP contribution in [0.25, 0.3) is 0 Å². The Morgan fingerprint density at radius 2 is 2.42 bits per heavy atom. The van der Waals surface area contributed by atoms with Crippen LogP contribution < -0.4 is 10.6 Å². The van der Waals surface area contributed by atoms with Gasteiger partial charge in [0, 0.05) is 37.1 Å².